The SMILES string of the molecule is CC(=O)OC1CCC2=COCCC21. The number of carbonyl (C=O) groups is 1. The number of hydrogen-bond donors (Lipinski definition) is 0. The van der Waals surface area contributed by atoms with E-state index in [4.69, 9.17) is 9.47 Å². The summed E-state index contributed by atoms with van der Waals surface area (Å²) in [6, 6.07) is 0. The number of rotatable bonds is 1. The number of hydrogen-bond acceptors (Lipinski definition) is 3. The average Bonchev–Trinajstić information content (AvgIpc) is 2.48. The first-order chi connectivity index (χ1) is 6.27. The van der Waals surface area contributed by atoms with Crippen LogP contribution >= 0.6 is 0 Å². The van der Waals surface area contributed by atoms with Gasteiger partial charge in [-0.2, -0.15) is 0 Å². The van der Waals surface area contributed by atoms with Crippen molar-refractivity contribution in [1.82, 2.24) is 0 Å². The minimum Gasteiger partial charge on any atom is -0.501 e. The number of ether oxygens (including phenoxy) is 2. The topological polar surface area (TPSA) is 35.5 Å². The lowest BCUT2D eigenvalue weighted by molar-refractivity contribution is -0.148. The lowest BCUT2D eigenvalue weighted by Gasteiger charge is -2.23. The van der Waals surface area contributed by atoms with Crippen molar-refractivity contribution in [3.8, 4) is 0 Å². The van der Waals surface area contributed by atoms with Gasteiger partial charge in [0.15, 0.2) is 0 Å². The first-order valence-corrected chi connectivity index (χ1v) is 4.75. The summed E-state index contributed by atoms with van der Waals surface area (Å²) in [5.41, 5.74) is 1.32. The molecule has 0 spiro atoms. The van der Waals surface area contributed by atoms with Gasteiger partial charge in [-0.3, -0.25) is 4.79 Å². The second-order valence-corrected chi connectivity index (χ2v) is 3.65. The molecule has 2 aliphatic rings. The third kappa shape index (κ3) is 1.69. The Bertz CT molecular complexity index is 245. The monoisotopic (exact) mass is 182 g/mol. The fraction of sp³-hybridized carbons (Fsp3) is 0.700. The van der Waals surface area contributed by atoms with Gasteiger partial charge < -0.3 is 9.47 Å². The Hall–Kier alpha value is -0.990. The van der Waals surface area contributed by atoms with E-state index in [1.807, 2.05) is 6.26 Å². The normalized spacial score (nSPS) is 31.6. The van der Waals surface area contributed by atoms with Crippen LogP contribution in [0.15, 0.2) is 11.8 Å². The molecule has 0 aromatic carbocycles. The number of fused-ring (bicyclic) bond motifs is 1. The van der Waals surface area contributed by atoms with Crippen LogP contribution in [-0.4, -0.2) is 18.7 Å². The number of esters is 1. The Kier molecular flexibility index (Phi) is 2.25. The van der Waals surface area contributed by atoms with E-state index in [2.05, 4.69) is 0 Å². The van der Waals surface area contributed by atoms with Gasteiger partial charge in [-0.25, -0.2) is 0 Å². The number of carbonyl (C=O) groups excluding carboxylic acids is 1. The largest absolute Gasteiger partial charge is 0.501 e. The van der Waals surface area contributed by atoms with Crippen LogP contribution in [0.4, 0.5) is 0 Å². The first kappa shape index (κ1) is 8.60. The van der Waals surface area contributed by atoms with E-state index in [0.717, 1.165) is 25.9 Å². The van der Waals surface area contributed by atoms with Crippen LogP contribution in [0.25, 0.3) is 0 Å². The Labute approximate surface area is 77.7 Å². The summed E-state index contributed by atoms with van der Waals surface area (Å²) in [5, 5.41) is 0. The zero-order valence-electron chi connectivity index (χ0n) is 7.79. The Balaban J connectivity index is 2.03. The molecule has 13 heavy (non-hydrogen) atoms. The lowest BCUT2D eigenvalue weighted by Crippen LogP contribution is -2.24. The fourth-order valence-electron chi connectivity index (χ4n) is 2.17. The smallest absolute Gasteiger partial charge is 0.302 e. The van der Waals surface area contributed by atoms with Gasteiger partial charge in [0.25, 0.3) is 0 Å². The molecule has 72 valence electrons. The average molecular weight is 182 g/mol. The second-order valence-electron chi connectivity index (χ2n) is 3.65. The summed E-state index contributed by atoms with van der Waals surface area (Å²) in [6.07, 6.45) is 4.91. The maximum Gasteiger partial charge on any atom is 0.302 e. The van der Waals surface area contributed by atoms with Gasteiger partial charge in [-0.1, -0.05) is 0 Å². The van der Waals surface area contributed by atoms with Gasteiger partial charge in [0.2, 0.25) is 0 Å². The Morgan fingerprint density at radius 2 is 2.46 bits per heavy atom. The molecule has 0 saturated heterocycles. The molecule has 1 fully saturated rings. The third-order valence-corrected chi connectivity index (χ3v) is 2.74. The highest BCUT2D eigenvalue weighted by Gasteiger charge is 2.35. The second kappa shape index (κ2) is 3.40. The predicted octanol–water partition coefficient (Wildman–Crippen LogP) is 1.63. The lowest BCUT2D eigenvalue weighted by atomic mass is 9.97. The summed E-state index contributed by atoms with van der Waals surface area (Å²) < 4.78 is 10.5. The molecule has 0 bridgehead atoms. The van der Waals surface area contributed by atoms with Gasteiger partial charge in [0.05, 0.1) is 12.9 Å². The molecule has 0 radical (unpaired) electrons. The van der Waals surface area contributed by atoms with Crippen molar-refractivity contribution in [2.75, 3.05) is 6.61 Å². The molecule has 2 rings (SSSR count). The van der Waals surface area contributed by atoms with Crippen LogP contribution in [0, 0.1) is 5.92 Å². The van der Waals surface area contributed by atoms with Crippen molar-refractivity contribution < 1.29 is 14.3 Å². The summed E-state index contributed by atoms with van der Waals surface area (Å²) in [7, 11) is 0. The van der Waals surface area contributed by atoms with Crippen LogP contribution < -0.4 is 0 Å². The summed E-state index contributed by atoms with van der Waals surface area (Å²) in [6.45, 7) is 2.23. The maximum atomic E-state index is 10.8. The molecular weight excluding hydrogens is 168 g/mol. The van der Waals surface area contributed by atoms with Crippen LogP contribution in [0.2, 0.25) is 0 Å². The van der Waals surface area contributed by atoms with Crippen molar-refractivity contribution in [3.05, 3.63) is 11.8 Å². The van der Waals surface area contributed by atoms with Crippen LogP contribution in [0.1, 0.15) is 26.2 Å². The van der Waals surface area contributed by atoms with Crippen LogP contribution in [0.3, 0.4) is 0 Å². The first-order valence-electron chi connectivity index (χ1n) is 4.75. The quantitative estimate of drug-likeness (QED) is 0.578. The molecule has 1 heterocycles. The van der Waals surface area contributed by atoms with Gasteiger partial charge in [0, 0.05) is 12.8 Å². The zero-order valence-corrected chi connectivity index (χ0v) is 7.79. The molecule has 1 aliphatic carbocycles. The van der Waals surface area contributed by atoms with E-state index in [9.17, 15) is 4.79 Å². The fourth-order valence-corrected chi connectivity index (χ4v) is 2.17. The molecule has 3 nitrogen and oxygen atoms in total. The standard InChI is InChI=1S/C10H14O3/c1-7(11)13-10-3-2-8-6-12-5-4-9(8)10/h6,9-10H,2-5H2,1H3. The van der Waals surface area contributed by atoms with Crippen molar-refractivity contribution in [1.29, 1.82) is 0 Å². The van der Waals surface area contributed by atoms with Gasteiger partial charge in [-0.05, 0) is 24.8 Å². The minimum absolute atomic E-state index is 0.104. The van der Waals surface area contributed by atoms with Crippen molar-refractivity contribution in [2.24, 2.45) is 5.92 Å². The molecule has 0 aromatic heterocycles. The molecule has 2 unspecified atom stereocenters. The van der Waals surface area contributed by atoms with Crippen molar-refractivity contribution >= 4 is 5.97 Å². The minimum atomic E-state index is -0.169. The summed E-state index contributed by atoms with van der Waals surface area (Å²) >= 11 is 0. The highest BCUT2D eigenvalue weighted by molar-refractivity contribution is 5.66. The van der Waals surface area contributed by atoms with E-state index in [-0.39, 0.29) is 12.1 Å². The van der Waals surface area contributed by atoms with Crippen LogP contribution in [0.5, 0.6) is 0 Å². The molecule has 0 aromatic rings. The zero-order chi connectivity index (χ0) is 9.26. The van der Waals surface area contributed by atoms with Crippen molar-refractivity contribution in [3.63, 3.8) is 0 Å². The highest BCUT2D eigenvalue weighted by Crippen LogP contribution is 2.37. The Morgan fingerprint density at radius 3 is 3.23 bits per heavy atom. The molecule has 2 atom stereocenters. The van der Waals surface area contributed by atoms with Gasteiger partial charge in [0.1, 0.15) is 6.10 Å². The third-order valence-electron chi connectivity index (χ3n) is 2.74. The van der Waals surface area contributed by atoms with E-state index in [1.54, 1.807) is 0 Å². The van der Waals surface area contributed by atoms with E-state index < -0.39 is 0 Å². The van der Waals surface area contributed by atoms with E-state index >= 15 is 0 Å². The van der Waals surface area contributed by atoms with E-state index in [1.165, 1.54) is 12.5 Å². The van der Waals surface area contributed by atoms with Gasteiger partial charge in [-0.15, -0.1) is 0 Å². The summed E-state index contributed by atoms with van der Waals surface area (Å²) in [4.78, 5) is 10.8. The maximum absolute atomic E-state index is 10.8. The highest BCUT2D eigenvalue weighted by atomic mass is 16.5. The predicted molar refractivity (Wildman–Crippen MR) is 46.9 cm³/mol. The molecular formula is C10H14O3. The summed E-state index contributed by atoms with van der Waals surface area (Å²) in [5.74, 6) is 0.260. The van der Waals surface area contributed by atoms with Gasteiger partial charge >= 0.3 is 5.97 Å². The molecule has 1 aliphatic heterocycles. The van der Waals surface area contributed by atoms with Crippen molar-refractivity contribution in [2.45, 2.75) is 32.3 Å². The van der Waals surface area contributed by atoms with E-state index in [0.29, 0.717) is 5.92 Å². The molecule has 0 amide bonds. The molecule has 1 saturated carbocycles. The van der Waals surface area contributed by atoms with Crippen LogP contribution in [-0.2, 0) is 14.3 Å². The Morgan fingerprint density at radius 1 is 1.62 bits per heavy atom. The molecule has 0 N–H and O–H groups in total. The molecule has 3 heteroatoms.